The van der Waals surface area contributed by atoms with Crippen molar-refractivity contribution in [3.05, 3.63) is 140 Å². The Hall–Kier alpha value is -3.58. The summed E-state index contributed by atoms with van der Waals surface area (Å²) < 4.78 is 0. The van der Waals surface area contributed by atoms with E-state index in [1.165, 1.54) is 107 Å². The number of hydrogen-bond donors (Lipinski definition) is 1. The molecule has 0 bridgehead atoms. The quantitative estimate of drug-likeness (QED) is 0.185. The van der Waals surface area contributed by atoms with Crippen LogP contribution in [0.15, 0.2) is 129 Å². The van der Waals surface area contributed by atoms with E-state index in [4.69, 9.17) is 0 Å². The number of rotatable bonds is 14. The number of hydrogen-bond acceptors (Lipinski definition) is 1. The number of aryl methyl sites for hydroxylation is 1. The average Bonchev–Trinajstić information content (AvgIpc) is 3.29. The van der Waals surface area contributed by atoms with E-state index in [0.29, 0.717) is 29.7 Å². The van der Waals surface area contributed by atoms with E-state index in [1.54, 1.807) is 44.6 Å². The van der Waals surface area contributed by atoms with Gasteiger partial charge in [0, 0.05) is 11.7 Å². The van der Waals surface area contributed by atoms with Crippen molar-refractivity contribution in [3.8, 4) is 0 Å². The van der Waals surface area contributed by atoms with Crippen molar-refractivity contribution in [3.63, 3.8) is 0 Å². The lowest BCUT2D eigenvalue weighted by atomic mass is 9.58. The maximum atomic E-state index is 4.11. The molecule has 1 fully saturated rings. The lowest BCUT2D eigenvalue weighted by Crippen LogP contribution is -2.36. The van der Waals surface area contributed by atoms with Crippen molar-refractivity contribution in [1.82, 2.24) is 0 Å². The standard InChI is InChI=1S/C59H79N/c1-8-39(3)36-44(9-2)41(5)51-23-14-15-24-52(51)42(6)50(43(7)60-48-32-31-45-20-10-11-21-46(45)37-48)33-30-40(4)49-34-35-58(56-28-18-16-26-54(49)56)59-38-47-22-12-13-25-53(47)55-27-17-19-29-57(55)59/h9,11-12,15,17,21-22,24,27,30-32,37-39,41-43,50,56-60H,8,10,13-14,16,18-20,23,25-26,28-29,33-36H2,1-7H3/b40-30+,44-9+. The summed E-state index contributed by atoms with van der Waals surface area (Å²) in [5.41, 5.74) is 19.3. The Kier molecular flexibility index (Phi) is 14.1. The van der Waals surface area contributed by atoms with Gasteiger partial charge in [-0.25, -0.2) is 0 Å². The second kappa shape index (κ2) is 19.6. The first-order chi connectivity index (χ1) is 29.2. The molecule has 8 rings (SSSR count). The maximum absolute atomic E-state index is 4.11. The highest BCUT2D eigenvalue weighted by atomic mass is 14.9. The molecule has 320 valence electrons. The largest absolute Gasteiger partial charge is 0.382 e. The molecule has 0 saturated heterocycles. The Morgan fingerprint density at radius 2 is 1.62 bits per heavy atom. The number of benzene rings is 1. The smallest absolute Gasteiger partial charge is 0.0348 e. The third-order valence-corrected chi connectivity index (χ3v) is 16.9. The van der Waals surface area contributed by atoms with Crippen LogP contribution in [0.25, 0.3) is 6.08 Å². The van der Waals surface area contributed by atoms with Crippen LogP contribution in [0.2, 0.25) is 0 Å². The molecule has 1 N–H and O–H groups in total. The summed E-state index contributed by atoms with van der Waals surface area (Å²) in [6.07, 6.45) is 48.9. The third-order valence-electron chi connectivity index (χ3n) is 16.9. The normalized spacial score (nSPS) is 28.0. The molecule has 9 atom stereocenters. The lowest BCUT2D eigenvalue weighted by molar-refractivity contribution is 0.181. The molecule has 1 heteroatoms. The van der Waals surface area contributed by atoms with Gasteiger partial charge in [-0.05, 0) is 216 Å². The monoisotopic (exact) mass is 802 g/mol. The highest BCUT2D eigenvalue weighted by molar-refractivity contribution is 5.63. The molecule has 0 aromatic heterocycles. The average molecular weight is 802 g/mol. The molecule has 1 nitrogen and oxygen atoms in total. The van der Waals surface area contributed by atoms with Crippen LogP contribution >= 0.6 is 0 Å². The molecular formula is C59H79N. The van der Waals surface area contributed by atoms with Gasteiger partial charge in [-0.1, -0.05) is 136 Å². The van der Waals surface area contributed by atoms with Crippen LogP contribution in [0.1, 0.15) is 162 Å². The number of fused-ring (bicyclic) bond motifs is 4. The van der Waals surface area contributed by atoms with Gasteiger partial charge >= 0.3 is 0 Å². The van der Waals surface area contributed by atoms with Gasteiger partial charge in [0.25, 0.3) is 0 Å². The zero-order chi connectivity index (χ0) is 41.8. The van der Waals surface area contributed by atoms with Crippen LogP contribution in [-0.2, 0) is 6.42 Å². The van der Waals surface area contributed by atoms with E-state index in [-0.39, 0.29) is 0 Å². The Morgan fingerprint density at radius 1 is 0.817 bits per heavy atom. The molecule has 1 saturated carbocycles. The molecule has 0 radical (unpaired) electrons. The first-order valence-electron chi connectivity index (χ1n) is 25.0. The first kappa shape index (κ1) is 43.1. The summed E-state index contributed by atoms with van der Waals surface area (Å²) in [4.78, 5) is 0. The fourth-order valence-corrected chi connectivity index (χ4v) is 13.2. The molecular weight excluding hydrogens is 723 g/mol. The first-order valence-corrected chi connectivity index (χ1v) is 25.0. The fourth-order valence-electron chi connectivity index (χ4n) is 13.2. The van der Waals surface area contributed by atoms with Crippen LogP contribution in [-0.4, -0.2) is 6.04 Å². The number of anilines is 1. The molecule has 9 unspecified atom stereocenters. The van der Waals surface area contributed by atoms with Gasteiger partial charge in [0.2, 0.25) is 0 Å². The van der Waals surface area contributed by atoms with E-state index >= 15 is 0 Å². The number of allylic oxidation sites excluding steroid dienone is 19. The maximum Gasteiger partial charge on any atom is 0.0348 e. The zero-order valence-corrected chi connectivity index (χ0v) is 38.8. The van der Waals surface area contributed by atoms with Crippen LogP contribution in [0.3, 0.4) is 0 Å². The molecule has 0 amide bonds. The van der Waals surface area contributed by atoms with E-state index in [9.17, 15) is 0 Å². The Bertz CT molecular complexity index is 2040. The van der Waals surface area contributed by atoms with Crippen molar-refractivity contribution in [1.29, 1.82) is 0 Å². The highest BCUT2D eigenvalue weighted by Crippen LogP contribution is 2.54. The lowest BCUT2D eigenvalue weighted by Gasteiger charge is -2.47. The van der Waals surface area contributed by atoms with Crippen molar-refractivity contribution in [2.75, 3.05) is 5.32 Å². The summed E-state index contributed by atoms with van der Waals surface area (Å²) in [6.45, 7) is 17.1. The van der Waals surface area contributed by atoms with Crippen molar-refractivity contribution in [2.45, 2.75) is 164 Å². The molecule has 0 heterocycles. The minimum atomic E-state index is 0.330. The second-order valence-electron chi connectivity index (χ2n) is 20.3. The summed E-state index contributed by atoms with van der Waals surface area (Å²) in [5.74, 6) is 5.09. The van der Waals surface area contributed by atoms with Crippen LogP contribution in [0.4, 0.5) is 5.69 Å². The predicted octanol–water partition coefficient (Wildman–Crippen LogP) is 16.8. The molecule has 1 aromatic rings. The summed E-state index contributed by atoms with van der Waals surface area (Å²) in [6, 6.07) is 7.47. The van der Waals surface area contributed by atoms with Crippen LogP contribution < -0.4 is 5.32 Å². The SMILES string of the molecule is C/C=C(\CC(C)CC)C(C)C1=C(C(C)C(C/C=C(\C)C2=C3CCCCC3C(C3C=C4C=CCCC4=C4C=CCCC43)CC2)C(C)Nc2ccc3c(c2)C=CCC3)C=CCC1. The highest BCUT2D eigenvalue weighted by Gasteiger charge is 2.43. The molecule has 1 aromatic carbocycles. The summed E-state index contributed by atoms with van der Waals surface area (Å²) in [7, 11) is 0. The molecule has 0 spiro atoms. The molecule has 7 aliphatic rings. The van der Waals surface area contributed by atoms with Gasteiger partial charge in [-0.15, -0.1) is 0 Å². The topological polar surface area (TPSA) is 12.0 Å². The minimum absolute atomic E-state index is 0.330. The molecule has 7 aliphatic carbocycles. The molecule has 60 heavy (non-hydrogen) atoms. The van der Waals surface area contributed by atoms with Gasteiger partial charge in [0.05, 0.1) is 0 Å². The number of nitrogens with one attached hydrogen (secondary N) is 1. The molecule has 0 aliphatic heterocycles. The van der Waals surface area contributed by atoms with Crippen LogP contribution in [0, 0.1) is 47.3 Å². The Balaban J connectivity index is 1.09. The van der Waals surface area contributed by atoms with Gasteiger partial charge in [0.15, 0.2) is 0 Å². The van der Waals surface area contributed by atoms with Crippen molar-refractivity contribution in [2.24, 2.45) is 47.3 Å². The van der Waals surface area contributed by atoms with Gasteiger partial charge in [0.1, 0.15) is 0 Å². The zero-order valence-electron chi connectivity index (χ0n) is 38.8. The fraction of sp³-hybridized carbons (Fsp3) is 0.559. The van der Waals surface area contributed by atoms with E-state index in [1.807, 2.05) is 5.57 Å². The van der Waals surface area contributed by atoms with E-state index in [2.05, 4.69) is 139 Å². The Labute approximate surface area is 366 Å². The van der Waals surface area contributed by atoms with Gasteiger partial charge < -0.3 is 5.32 Å². The van der Waals surface area contributed by atoms with Gasteiger partial charge in [-0.2, -0.15) is 0 Å². The van der Waals surface area contributed by atoms with E-state index in [0.717, 1.165) is 42.9 Å². The Morgan fingerprint density at radius 3 is 2.47 bits per heavy atom. The van der Waals surface area contributed by atoms with E-state index < -0.39 is 0 Å². The third kappa shape index (κ3) is 9.13. The summed E-state index contributed by atoms with van der Waals surface area (Å²) >= 11 is 0. The minimum Gasteiger partial charge on any atom is -0.382 e. The summed E-state index contributed by atoms with van der Waals surface area (Å²) in [5, 5.41) is 4.11. The van der Waals surface area contributed by atoms with Crippen molar-refractivity contribution < 1.29 is 0 Å². The van der Waals surface area contributed by atoms with Gasteiger partial charge in [-0.3, -0.25) is 0 Å². The van der Waals surface area contributed by atoms with Crippen LogP contribution in [0.5, 0.6) is 0 Å². The van der Waals surface area contributed by atoms with Crippen molar-refractivity contribution >= 4 is 11.8 Å². The second-order valence-corrected chi connectivity index (χ2v) is 20.3. The predicted molar refractivity (Wildman–Crippen MR) is 261 cm³/mol.